The van der Waals surface area contributed by atoms with Crippen molar-refractivity contribution in [2.75, 3.05) is 45.9 Å². The molecule has 2 aliphatic rings. The van der Waals surface area contributed by atoms with E-state index in [4.69, 9.17) is 4.74 Å². The topological polar surface area (TPSA) is 172 Å². The molecule has 0 saturated carbocycles. The highest BCUT2D eigenvalue weighted by Gasteiger charge is 2.45. The molecule has 2 unspecified atom stereocenters. The van der Waals surface area contributed by atoms with Gasteiger partial charge in [-0.05, 0) is 153 Å². The Morgan fingerprint density at radius 2 is 0.858 bits per heavy atom. The second kappa shape index (κ2) is 33.6. The van der Waals surface area contributed by atoms with Crippen molar-refractivity contribution in [1.82, 2.24) is 29.6 Å². The van der Waals surface area contributed by atoms with Gasteiger partial charge < -0.3 is 39.4 Å². The summed E-state index contributed by atoms with van der Waals surface area (Å²) in [4.78, 5) is 83.2. The van der Waals surface area contributed by atoms with Gasteiger partial charge in [-0.15, -0.1) is 0 Å². The van der Waals surface area contributed by atoms with Crippen molar-refractivity contribution in [3.63, 3.8) is 0 Å². The monoisotopic (exact) mass is 1520 g/mol. The van der Waals surface area contributed by atoms with E-state index in [1.807, 2.05) is 23.6 Å². The number of ether oxygens (including phenoxy) is 1. The molecule has 2 aliphatic heterocycles. The lowest BCUT2D eigenvalue weighted by atomic mass is 9.89. The van der Waals surface area contributed by atoms with Gasteiger partial charge in [-0.2, -0.15) is 52.7 Å². The lowest BCUT2D eigenvalue weighted by Crippen LogP contribution is -2.46. The van der Waals surface area contributed by atoms with Crippen LogP contribution in [0.25, 0.3) is 22.3 Å². The number of rotatable bonds is 25. The summed E-state index contributed by atoms with van der Waals surface area (Å²) in [5, 5.41) is 14.0. The molecule has 2 amide bonds. The van der Waals surface area contributed by atoms with Gasteiger partial charge in [-0.1, -0.05) is 53.7 Å². The van der Waals surface area contributed by atoms with Crippen LogP contribution in [0.15, 0.2) is 70.5 Å². The molecule has 32 heteroatoms. The molecule has 2 fully saturated rings. The molecule has 14 nitrogen and oxygen atoms in total. The molecular weight excluding hydrogens is 1440 g/mol. The van der Waals surface area contributed by atoms with Gasteiger partial charge in [-0.25, -0.2) is 26.3 Å². The van der Waals surface area contributed by atoms with E-state index < -0.39 is 188 Å². The fraction of sp³-hybridized carbons (Fsp3) is 0.486. The number of carbonyl (C=O) groups excluding carboxylic acids is 3. The molecule has 580 valence electrons. The van der Waals surface area contributed by atoms with Gasteiger partial charge in [0.05, 0.1) is 53.8 Å². The molecular formula is C74H80F18N6O8. The lowest BCUT2D eigenvalue weighted by molar-refractivity contribution is -0.144. The number of hydrogen-bond donors (Lipinski definition) is 3. The molecule has 0 radical (unpaired) electrons. The number of aryl methyl sites for hydroxylation is 2. The van der Waals surface area contributed by atoms with Crippen molar-refractivity contribution >= 4 is 23.8 Å². The summed E-state index contributed by atoms with van der Waals surface area (Å²) in [7, 11) is 0. The van der Waals surface area contributed by atoms with E-state index in [0.29, 0.717) is 54.7 Å². The number of benzene rings is 4. The van der Waals surface area contributed by atoms with Gasteiger partial charge in [0.25, 0.3) is 11.1 Å². The summed E-state index contributed by atoms with van der Waals surface area (Å²) in [6.45, 7) is 19.6. The zero-order chi connectivity index (χ0) is 79.5. The molecule has 4 heterocycles. The number of likely N-dealkylation sites (tertiary alicyclic amines) is 2. The molecule has 0 spiro atoms. The molecule has 3 N–H and O–H groups in total. The summed E-state index contributed by atoms with van der Waals surface area (Å²) in [6.07, 6.45) is -22.2. The third kappa shape index (κ3) is 19.9. The number of carboxylic acids is 1. The largest absolute Gasteiger partial charge is 0.481 e. The maximum absolute atomic E-state index is 16.6. The van der Waals surface area contributed by atoms with Crippen LogP contribution in [-0.4, -0.2) is 93.7 Å². The van der Waals surface area contributed by atoms with Crippen LogP contribution in [-0.2, 0) is 61.5 Å². The predicted molar refractivity (Wildman–Crippen MR) is 355 cm³/mol. The van der Waals surface area contributed by atoms with E-state index in [1.54, 1.807) is 27.7 Å². The maximum atomic E-state index is 16.6. The maximum Gasteiger partial charge on any atom is 0.419 e. The smallest absolute Gasteiger partial charge is 0.419 e. The Hall–Kier alpha value is -8.68. The highest BCUT2D eigenvalue weighted by molar-refractivity contribution is 5.84. The number of hydrogen-bond acceptors (Lipinski definition) is 9. The second-order valence-electron chi connectivity index (χ2n) is 27.9. The minimum Gasteiger partial charge on any atom is -0.481 e. The van der Waals surface area contributed by atoms with E-state index in [0.717, 1.165) is 42.1 Å². The van der Waals surface area contributed by atoms with Crippen molar-refractivity contribution < 1.29 is 108 Å². The van der Waals surface area contributed by atoms with E-state index in [2.05, 4.69) is 10.6 Å². The summed E-state index contributed by atoms with van der Waals surface area (Å²) in [5.41, 5.74) is -15.2. The number of carboxylic acid groups (broad SMARTS) is 1. The van der Waals surface area contributed by atoms with Crippen LogP contribution in [0.3, 0.4) is 0 Å². The first-order chi connectivity index (χ1) is 49.0. The zero-order valence-corrected chi connectivity index (χ0v) is 59.5. The summed E-state index contributed by atoms with van der Waals surface area (Å²) >= 11 is 0. The number of carbonyl (C=O) groups is 4. The number of nitrogens with zero attached hydrogens (tertiary/aromatic N) is 4. The minimum absolute atomic E-state index is 0.0976. The zero-order valence-electron chi connectivity index (χ0n) is 59.5. The first-order valence-corrected chi connectivity index (χ1v) is 33.8. The average molecular weight is 1520 g/mol. The van der Waals surface area contributed by atoms with Crippen LogP contribution in [0.1, 0.15) is 165 Å². The van der Waals surface area contributed by atoms with Gasteiger partial charge in [0.15, 0.2) is 0 Å². The highest BCUT2D eigenvalue weighted by atomic mass is 19.4. The SMILES string of the molecule is CCOC(=O)C[C@H](NC(=O)C(CC(C)C)n1cc(CCN2CC(C)C2)c(C(F)(F)F)cc1=O)c1c(F)c(-c2c(C)ccc(F)c2C)cc(C(F)(F)F)c1F.Cc1ccc(F)c(C)c1-c1cc(C(F)(F)F)c(F)c([C@H](CC(=O)O)NC(=O)C(CC(C)C)n2cc(CCN3CC(C)C3)c(C(F)(F)F)cc2=O)c1F. The van der Waals surface area contributed by atoms with Gasteiger partial charge in [0, 0.05) is 86.0 Å². The van der Waals surface area contributed by atoms with E-state index in [1.165, 1.54) is 33.8 Å². The van der Waals surface area contributed by atoms with E-state index in [9.17, 15) is 95.3 Å². The third-order valence-electron chi connectivity index (χ3n) is 18.5. The number of amides is 2. The van der Waals surface area contributed by atoms with E-state index in [-0.39, 0.29) is 102 Å². The fourth-order valence-electron chi connectivity index (χ4n) is 13.5. The molecule has 2 saturated heterocycles. The van der Waals surface area contributed by atoms with Crippen LogP contribution >= 0.6 is 0 Å². The fourth-order valence-corrected chi connectivity index (χ4v) is 13.5. The second-order valence-corrected chi connectivity index (χ2v) is 27.9. The van der Waals surface area contributed by atoms with Gasteiger partial charge in [0.2, 0.25) is 11.8 Å². The standard InChI is InChI=1S/C38H42F9N3O4.C36H38F9N3O4/c1-7-54-31(52)15-28(33-34(40)24(13-26(35(33)41)38(45,46)47)32-21(5)8-9-27(39)22(32)6)48-36(53)29(12-19(2)3)50-18-23(10-11-49-16-20(4)17-49)25(14-30(50)51)37(42,43)44;1-17(2)10-27(48-16-21(8-9-47-14-18(3)15-47)23(12-28(48)49)35(40,41)42)34(52)46-26(13-29(50)51)31-32(38)22(11-24(33(31)39)36(43,44)45)30-19(4)6-7-25(37)20(30)5/h8-9,13-14,18-20,28-29H,7,10-12,15-17H2,1-6H3,(H,48,53);6-7,11-12,16-18,26-27H,8-10,13-15H2,1-5H3,(H,46,52)(H,50,51)/t28-,29?;26-,27?/m00/s1. The van der Waals surface area contributed by atoms with Crippen molar-refractivity contribution in [3.8, 4) is 22.3 Å². The third-order valence-corrected chi connectivity index (χ3v) is 18.5. The number of esters is 1. The molecule has 106 heavy (non-hydrogen) atoms. The molecule has 4 atom stereocenters. The van der Waals surface area contributed by atoms with Crippen molar-refractivity contribution in [1.29, 1.82) is 0 Å². The first-order valence-electron chi connectivity index (χ1n) is 33.8. The number of nitrogens with one attached hydrogen (secondary N) is 2. The van der Waals surface area contributed by atoms with E-state index >= 15 is 17.6 Å². The van der Waals surface area contributed by atoms with Gasteiger partial charge in [0.1, 0.15) is 47.0 Å². The molecule has 4 aromatic carbocycles. The van der Waals surface area contributed by atoms with Crippen LogP contribution < -0.4 is 21.8 Å². The number of aliphatic carboxylic acids is 1. The molecule has 0 bridgehead atoms. The summed E-state index contributed by atoms with van der Waals surface area (Å²) in [5.74, 6) is -15.2. The number of aromatic nitrogens is 2. The lowest BCUT2D eigenvalue weighted by Gasteiger charge is -2.37. The highest BCUT2D eigenvalue weighted by Crippen LogP contribution is 2.46. The number of pyridine rings is 2. The summed E-state index contributed by atoms with van der Waals surface area (Å²) in [6, 6.07) is -2.52. The van der Waals surface area contributed by atoms with Crippen LogP contribution in [0.5, 0.6) is 0 Å². The van der Waals surface area contributed by atoms with Crippen LogP contribution in [0, 0.1) is 86.3 Å². The summed E-state index contributed by atoms with van der Waals surface area (Å²) < 4.78 is 271. The molecule has 0 aliphatic carbocycles. The Morgan fingerprint density at radius 3 is 1.16 bits per heavy atom. The van der Waals surface area contributed by atoms with Crippen molar-refractivity contribution in [2.24, 2.45) is 23.7 Å². The quantitative estimate of drug-likeness (QED) is 0.0370. The van der Waals surface area contributed by atoms with Crippen molar-refractivity contribution in [2.45, 2.75) is 164 Å². The Labute approximate surface area is 598 Å². The normalized spacial score (nSPS) is 15.3. The average Bonchev–Trinajstić information content (AvgIpc) is 0.756. The van der Waals surface area contributed by atoms with Crippen molar-refractivity contribution in [3.05, 3.63) is 183 Å². The van der Waals surface area contributed by atoms with Gasteiger partial charge in [-0.3, -0.25) is 28.8 Å². The number of halogens is 18. The Bertz CT molecular complexity index is 4380. The Kier molecular flexibility index (Phi) is 26.8. The molecule has 2 aromatic heterocycles. The molecule has 8 rings (SSSR count). The Balaban J connectivity index is 0.000000296. The Morgan fingerprint density at radius 1 is 0.519 bits per heavy atom. The first kappa shape index (κ1) is 84.6. The predicted octanol–water partition coefficient (Wildman–Crippen LogP) is 16.5. The van der Waals surface area contributed by atoms with Crippen LogP contribution in [0.2, 0.25) is 0 Å². The minimum atomic E-state index is -5.47. The van der Waals surface area contributed by atoms with Crippen LogP contribution in [0.4, 0.5) is 79.0 Å². The molecule has 6 aromatic rings. The van der Waals surface area contributed by atoms with Gasteiger partial charge >= 0.3 is 36.6 Å². The number of alkyl halides is 12.